The summed E-state index contributed by atoms with van der Waals surface area (Å²) < 4.78 is 0. The highest BCUT2D eigenvalue weighted by molar-refractivity contribution is 8.00. The van der Waals surface area contributed by atoms with Crippen LogP contribution in [0.3, 0.4) is 0 Å². The number of carbonyl (C=O) groups excluding carboxylic acids is 2. The number of benzene rings is 1. The normalized spacial score (nSPS) is 11.8. The summed E-state index contributed by atoms with van der Waals surface area (Å²) in [6, 6.07) is 7.45. The van der Waals surface area contributed by atoms with Crippen LogP contribution >= 0.6 is 11.8 Å². The molecule has 0 spiro atoms. The summed E-state index contributed by atoms with van der Waals surface area (Å²) in [4.78, 5) is 23.8. The fourth-order valence-electron chi connectivity index (χ4n) is 1.70. The van der Waals surface area contributed by atoms with Gasteiger partial charge in [-0.25, -0.2) is 0 Å². The highest BCUT2D eigenvalue weighted by Gasteiger charge is 2.13. The van der Waals surface area contributed by atoms with Crippen molar-refractivity contribution in [1.82, 2.24) is 5.32 Å². The standard InChI is InChI=1S/C15H23N3O2S/c1-11(15(20)17-10-4-3-9-16)21-14-7-5-13(6-8-14)18-12(2)19/h5-8,11H,3-4,9-10,16H2,1-2H3,(H,17,20)(H,18,19). The van der Waals surface area contributed by atoms with Gasteiger partial charge in [0.05, 0.1) is 5.25 Å². The summed E-state index contributed by atoms with van der Waals surface area (Å²) in [5, 5.41) is 5.46. The van der Waals surface area contributed by atoms with E-state index in [1.54, 1.807) is 0 Å². The van der Waals surface area contributed by atoms with Crippen LogP contribution in [0.25, 0.3) is 0 Å². The van der Waals surface area contributed by atoms with Crippen LogP contribution in [0.5, 0.6) is 0 Å². The Morgan fingerprint density at radius 1 is 1.24 bits per heavy atom. The van der Waals surface area contributed by atoms with Crippen LogP contribution in [0, 0.1) is 0 Å². The van der Waals surface area contributed by atoms with Gasteiger partial charge in [0.2, 0.25) is 11.8 Å². The van der Waals surface area contributed by atoms with E-state index >= 15 is 0 Å². The Hall–Kier alpha value is -1.53. The van der Waals surface area contributed by atoms with Crippen LogP contribution in [0.2, 0.25) is 0 Å². The average Bonchev–Trinajstić information content (AvgIpc) is 2.45. The van der Waals surface area contributed by atoms with E-state index in [4.69, 9.17) is 5.73 Å². The van der Waals surface area contributed by atoms with Crippen LogP contribution in [0.4, 0.5) is 5.69 Å². The van der Waals surface area contributed by atoms with Crippen LogP contribution in [0.15, 0.2) is 29.2 Å². The van der Waals surface area contributed by atoms with Crippen molar-refractivity contribution in [3.8, 4) is 0 Å². The number of hydrogen-bond donors (Lipinski definition) is 3. The summed E-state index contributed by atoms with van der Waals surface area (Å²) in [5.74, 6) is -0.0661. The molecule has 0 bridgehead atoms. The van der Waals surface area contributed by atoms with Gasteiger partial charge < -0.3 is 16.4 Å². The molecular weight excluding hydrogens is 286 g/mol. The van der Waals surface area contributed by atoms with Crippen molar-refractivity contribution in [2.45, 2.75) is 36.8 Å². The molecule has 0 radical (unpaired) electrons. The molecular formula is C15H23N3O2S. The number of rotatable bonds is 8. The number of anilines is 1. The van der Waals surface area contributed by atoms with Crippen molar-refractivity contribution in [3.63, 3.8) is 0 Å². The van der Waals surface area contributed by atoms with E-state index in [0.717, 1.165) is 23.4 Å². The molecule has 2 amide bonds. The summed E-state index contributed by atoms with van der Waals surface area (Å²) in [7, 11) is 0. The van der Waals surface area contributed by atoms with Crippen LogP contribution < -0.4 is 16.4 Å². The third-order valence-electron chi connectivity index (χ3n) is 2.79. The van der Waals surface area contributed by atoms with Crippen molar-refractivity contribution >= 4 is 29.3 Å². The molecule has 1 aromatic rings. The summed E-state index contributed by atoms with van der Waals surface area (Å²) in [6.45, 7) is 4.67. The predicted molar refractivity (Wildman–Crippen MR) is 87.4 cm³/mol. The van der Waals surface area contributed by atoms with E-state index in [9.17, 15) is 9.59 Å². The molecule has 0 aliphatic rings. The first-order chi connectivity index (χ1) is 10.0. The molecule has 0 aliphatic heterocycles. The topological polar surface area (TPSA) is 84.2 Å². The maximum atomic E-state index is 11.9. The predicted octanol–water partition coefficient (Wildman–Crippen LogP) is 1.98. The summed E-state index contributed by atoms with van der Waals surface area (Å²) in [6.07, 6.45) is 1.83. The Balaban J connectivity index is 2.41. The SMILES string of the molecule is CC(=O)Nc1ccc(SC(C)C(=O)NCCCCN)cc1. The Morgan fingerprint density at radius 3 is 2.48 bits per heavy atom. The van der Waals surface area contributed by atoms with Gasteiger partial charge in [-0.3, -0.25) is 9.59 Å². The second-order valence-corrected chi connectivity index (χ2v) is 6.17. The minimum absolute atomic E-state index is 0.0305. The average molecular weight is 309 g/mol. The Bertz CT molecular complexity index is 462. The zero-order valence-corrected chi connectivity index (χ0v) is 13.3. The Labute approximate surface area is 130 Å². The first kappa shape index (κ1) is 17.5. The highest BCUT2D eigenvalue weighted by Crippen LogP contribution is 2.24. The lowest BCUT2D eigenvalue weighted by Crippen LogP contribution is -2.31. The number of hydrogen-bond acceptors (Lipinski definition) is 4. The lowest BCUT2D eigenvalue weighted by atomic mass is 10.3. The molecule has 0 aliphatic carbocycles. The van der Waals surface area contributed by atoms with Gasteiger partial charge >= 0.3 is 0 Å². The number of nitrogens with one attached hydrogen (secondary N) is 2. The molecule has 116 valence electrons. The molecule has 0 fully saturated rings. The zero-order valence-electron chi connectivity index (χ0n) is 12.5. The quantitative estimate of drug-likeness (QED) is 0.506. The number of amides is 2. The molecule has 4 N–H and O–H groups in total. The Morgan fingerprint density at radius 2 is 1.90 bits per heavy atom. The minimum atomic E-state index is -0.158. The van der Waals surface area contributed by atoms with Crippen LogP contribution in [0.1, 0.15) is 26.7 Å². The number of thioether (sulfide) groups is 1. The lowest BCUT2D eigenvalue weighted by molar-refractivity contribution is -0.120. The first-order valence-electron chi connectivity index (χ1n) is 7.05. The van der Waals surface area contributed by atoms with Crippen LogP contribution in [-0.2, 0) is 9.59 Å². The molecule has 0 saturated carbocycles. The third kappa shape index (κ3) is 7.15. The smallest absolute Gasteiger partial charge is 0.233 e. The number of carbonyl (C=O) groups is 2. The fourth-order valence-corrected chi connectivity index (χ4v) is 2.59. The molecule has 0 aromatic heterocycles. The monoisotopic (exact) mass is 309 g/mol. The largest absolute Gasteiger partial charge is 0.355 e. The van der Waals surface area contributed by atoms with Crippen molar-refractivity contribution in [2.24, 2.45) is 5.73 Å². The molecule has 1 unspecified atom stereocenters. The van der Waals surface area contributed by atoms with Crippen molar-refractivity contribution in [2.75, 3.05) is 18.4 Å². The van der Waals surface area contributed by atoms with E-state index in [0.29, 0.717) is 13.1 Å². The maximum Gasteiger partial charge on any atom is 0.233 e. The fraction of sp³-hybridized carbons (Fsp3) is 0.467. The summed E-state index contributed by atoms with van der Waals surface area (Å²) >= 11 is 1.49. The van der Waals surface area contributed by atoms with Crippen molar-refractivity contribution in [1.29, 1.82) is 0 Å². The van der Waals surface area contributed by atoms with E-state index in [2.05, 4.69) is 10.6 Å². The van der Waals surface area contributed by atoms with Gasteiger partial charge in [0.1, 0.15) is 0 Å². The summed E-state index contributed by atoms with van der Waals surface area (Å²) in [5.41, 5.74) is 6.16. The third-order valence-corrected chi connectivity index (χ3v) is 3.90. The van der Waals surface area contributed by atoms with E-state index in [-0.39, 0.29) is 17.1 Å². The maximum absolute atomic E-state index is 11.9. The van der Waals surface area contributed by atoms with Gasteiger partial charge in [-0.1, -0.05) is 0 Å². The van der Waals surface area contributed by atoms with Gasteiger partial charge in [0.15, 0.2) is 0 Å². The second kappa shape index (κ2) is 9.41. The van der Waals surface area contributed by atoms with E-state index in [1.807, 2.05) is 31.2 Å². The van der Waals surface area contributed by atoms with Crippen LogP contribution in [-0.4, -0.2) is 30.2 Å². The van der Waals surface area contributed by atoms with Gasteiger partial charge in [-0.05, 0) is 50.6 Å². The van der Waals surface area contributed by atoms with Crippen molar-refractivity contribution < 1.29 is 9.59 Å². The first-order valence-corrected chi connectivity index (χ1v) is 7.93. The highest BCUT2D eigenvalue weighted by atomic mass is 32.2. The molecule has 0 saturated heterocycles. The molecule has 0 heterocycles. The molecule has 1 rings (SSSR count). The van der Waals surface area contributed by atoms with Gasteiger partial charge in [-0.15, -0.1) is 11.8 Å². The van der Waals surface area contributed by atoms with Crippen molar-refractivity contribution in [3.05, 3.63) is 24.3 Å². The Kier molecular flexibility index (Phi) is 7.85. The van der Waals surface area contributed by atoms with E-state index < -0.39 is 0 Å². The molecule has 1 aromatic carbocycles. The lowest BCUT2D eigenvalue weighted by Gasteiger charge is -2.12. The molecule has 21 heavy (non-hydrogen) atoms. The second-order valence-electron chi connectivity index (χ2n) is 4.75. The minimum Gasteiger partial charge on any atom is -0.355 e. The van der Waals surface area contributed by atoms with Gasteiger partial charge in [0, 0.05) is 24.1 Å². The molecule has 5 nitrogen and oxygen atoms in total. The molecule has 1 atom stereocenters. The zero-order chi connectivity index (χ0) is 15.7. The van der Waals surface area contributed by atoms with Gasteiger partial charge in [0.25, 0.3) is 0 Å². The number of unbranched alkanes of at least 4 members (excludes halogenated alkanes) is 1. The number of nitrogens with two attached hydrogens (primary N) is 1. The molecule has 6 heteroatoms. The van der Waals surface area contributed by atoms with E-state index in [1.165, 1.54) is 18.7 Å². The van der Waals surface area contributed by atoms with Gasteiger partial charge in [-0.2, -0.15) is 0 Å².